The Bertz CT molecular complexity index is 769. The van der Waals surface area contributed by atoms with Crippen LogP contribution < -0.4 is 0 Å². The van der Waals surface area contributed by atoms with E-state index in [1.165, 1.54) is 11.8 Å². The van der Waals surface area contributed by atoms with Crippen LogP contribution in [0.4, 0.5) is 0 Å². The quantitative estimate of drug-likeness (QED) is 0.323. The van der Waals surface area contributed by atoms with Gasteiger partial charge in [0.1, 0.15) is 0 Å². The number of hydrogen-bond acceptors (Lipinski definition) is 0. The van der Waals surface area contributed by atoms with E-state index in [1.807, 2.05) is 0 Å². The van der Waals surface area contributed by atoms with Gasteiger partial charge in [0.2, 0.25) is 0 Å². The highest BCUT2D eigenvalue weighted by Crippen LogP contribution is 2.57. The third-order valence-corrected chi connectivity index (χ3v) is 15.7. The zero-order valence-electron chi connectivity index (χ0n) is 24.3. The predicted molar refractivity (Wildman–Crippen MR) is 155 cm³/mol. The SMILES string of the molecule is C1CC(C2CCC(C3CCC(C4CCC(C5CCC(C6CCC(C7CC(C8CCC8)C7)C6)C5)C4)C3)C2)C1. The summed E-state index contributed by atoms with van der Waals surface area (Å²) in [4.78, 5) is 0. The van der Waals surface area contributed by atoms with Crippen LogP contribution >= 0.6 is 0 Å². The fourth-order valence-electron chi connectivity index (χ4n) is 12.8. The van der Waals surface area contributed by atoms with E-state index in [0.29, 0.717) is 0 Å². The molecule has 208 valence electrons. The highest BCUT2D eigenvalue weighted by atomic mass is 14.5. The van der Waals surface area contributed by atoms with Gasteiger partial charge in [-0.1, -0.05) is 38.5 Å². The van der Waals surface area contributed by atoms with Crippen molar-refractivity contribution in [2.45, 2.75) is 148 Å². The zero-order chi connectivity index (χ0) is 24.3. The van der Waals surface area contributed by atoms with Crippen LogP contribution in [-0.4, -0.2) is 0 Å². The van der Waals surface area contributed by atoms with Gasteiger partial charge in [-0.3, -0.25) is 0 Å². The third-order valence-electron chi connectivity index (χ3n) is 15.7. The molecule has 0 saturated heterocycles. The highest BCUT2D eigenvalue weighted by Gasteiger charge is 2.47. The van der Waals surface area contributed by atoms with Gasteiger partial charge in [-0.15, -0.1) is 0 Å². The average Bonchev–Trinajstić information content (AvgIpc) is 3.61. The van der Waals surface area contributed by atoms with Crippen LogP contribution in [0.15, 0.2) is 0 Å². The molecule has 0 radical (unpaired) electrons. The van der Waals surface area contributed by atoms with Gasteiger partial charge in [-0.2, -0.15) is 0 Å². The fourth-order valence-corrected chi connectivity index (χ4v) is 12.8. The second kappa shape index (κ2) is 10.4. The van der Waals surface area contributed by atoms with Crippen LogP contribution in [0.25, 0.3) is 0 Å². The molecule has 0 nitrogen and oxygen atoms in total. The van der Waals surface area contributed by atoms with Crippen molar-refractivity contribution in [3.8, 4) is 0 Å². The first-order valence-electron chi connectivity index (χ1n) is 18.3. The molecule has 0 heteroatoms. The van der Waals surface area contributed by atoms with Gasteiger partial charge >= 0.3 is 0 Å². The summed E-state index contributed by atoms with van der Waals surface area (Å²) < 4.78 is 0. The number of hydrogen-bond donors (Lipinski definition) is 0. The van der Waals surface area contributed by atoms with E-state index in [4.69, 9.17) is 0 Å². The first-order chi connectivity index (χ1) is 18.3. The van der Waals surface area contributed by atoms with Crippen molar-refractivity contribution < 1.29 is 0 Å². The molecule has 10 atom stereocenters. The lowest BCUT2D eigenvalue weighted by atomic mass is 9.59. The molecule has 0 heterocycles. The molecule has 0 aliphatic heterocycles. The molecule has 0 aromatic rings. The molecule has 8 fully saturated rings. The molecule has 37 heavy (non-hydrogen) atoms. The van der Waals surface area contributed by atoms with E-state index in [2.05, 4.69) is 0 Å². The second-order valence-corrected chi connectivity index (χ2v) is 17.0. The van der Waals surface area contributed by atoms with Gasteiger partial charge in [0, 0.05) is 0 Å². The molecular weight excluding hydrogens is 444 g/mol. The maximum Gasteiger partial charge on any atom is -0.0380 e. The first kappa shape index (κ1) is 24.8. The summed E-state index contributed by atoms with van der Waals surface area (Å²) >= 11 is 0. The lowest BCUT2D eigenvalue weighted by Crippen LogP contribution is -2.36. The van der Waals surface area contributed by atoms with Gasteiger partial charge in [-0.05, 0) is 192 Å². The molecular formula is C37H60. The molecule has 0 aromatic carbocycles. The lowest BCUT2D eigenvalue weighted by Gasteiger charge is -2.46. The molecule has 8 aliphatic carbocycles. The van der Waals surface area contributed by atoms with E-state index >= 15 is 0 Å². The van der Waals surface area contributed by atoms with E-state index in [-0.39, 0.29) is 0 Å². The zero-order valence-corrected chi connectivity index (χ0v) is 24.3. The van der Waals surface area contributed by atoms with Crippen molar-refractivity contribution in [1.82, 2.24) is 0 Å². The van der Waals surface area contributed by atoms with Gasteiger partial charge in [0.05, 0.1) is 0 Å². The normalized spacial score (nSPS) is 52.9. The molecule has 0 amide bonds. The Morgan fingerprint density at radius 3 is 0.622 bits per heavy atom. The topological polar surface area (TPSA) is 0 Å². The smallest absolute Gasteiger partial charge is 0.0380 e. The molecule has 8 saturated carbocycles. The maximum atomic E-state index is 1.65. The Balaban J connectivity index is 0.772. The summed E-state index contributed by atoms with van der Waals surface area (Å²) in [6, 6.07) is 0. The Morgan fingerprint density at radius 1 is 0.162 bits per heavy atom. The van der Waals surface area contributed by atoms with Crippen LogP contribution in [0.5, 0.6) is 0 Å². The van der Waals surface area contributed by atoms with Gasteiger partial charge in [-0.25, -0.2) is 0 Å². The van der Waals surface area contributed by atoms with Gasteiger partial charge < -0.3 is 0 Å². The first-order valence-corrected chi connectivity index (χ1v) is 18.3. The second-order valence-electron chi connectivity index (χ2n) is 17.0. The minimum atomic E-state index is 1.13. The molecule has 0 N–H and O–H groups in total. The minimum absolute atomic E-state index is 1.13. The van der Waals surface area contributed by atoms with Crippen molar-refractivity contribution in [1.29, 1.82) is 0 Å². The highest BCUT2D eigenvalue weighted by molar-refractivity contribution is 4.97. The summed E-state index contributed by atoms with van der Waals surface area (Å²) in [5, 5.41) is 0. The van der Waals surface area contributed by atoms with Gasteiger partial charge in [0.25, 0.3) is 0 Å². The van der Waals surface area contributed by atoms with Crippen LogP contribution in [0.3, 0.4) is 0 Å². The van der Waals surface area contributed by atoms with E-state index in [9.17, 15) is 0 Å². The van der Waals surface area contributed by atoms with Crippen LogP contribution in [0.1, 0.15) is 148 Å². The van der Waals surface area contributed by atoms with E-state index in [1.54, 1.807) is 148 Å². The monoisotopic (exact) mass is 504 g/mol. The van der Waals surface area contributed by atoms with Crippen molar-refractivity contribution >= 4 is 0 Å². The Hall–Kier alpha value is 0. The van der Waals surface area contributed by atoms with Crippen molar-refractivity contribution in [2.75, 3.05) is 0 Å². The summed E-state index contributed by atoms with van der Waals surface area (Å²) in [7, 11) is 0. The van der Waals surface area contributed by atoms with Crippen molar-refractivity contribution in [3.05, 3.63) is 0 Å². The lowest BCUT2D eigenvalue weighted by molar-refractivity contribution is 0.0402. The third kappa shape index (κ3) is 4.81. The summed E-state index contributed by atoms with van der Waals surface area (Å²) in [5.74, 6) is 16.1. The predicted octanol–water partition coefficient (Wildman–Crippen LogP) is 10.7. The summed E-state index contributed by atoms with van der Waals surface area (Å²) in [5.41, 5.74) is 0. The van der Waals surface area contributed by atoms with Crippen molar-refractivity contribution in [2.24, 2.45) is 82.9 Å². The van der Waals surface area contributed by atoms with E-state index < -0.39 is 0 Å². The molecule has 8 rings (SSSR count). The standard InChI is InChI=1S/C37H60/c1-3-24(4-1)26-7-8-27(17-26)28-9-10-29(18-28)30-11-12-31(19-30)32-13-14-33(20-32)34-15-16-35(21-34)37-22-36(23-37)25-5-2-6-25/h24-37H,1-23H2. The fraction of sp³-hybridized carbons (Fsp3) is 1.00. The van der Waals surface area contributed by atoms with E-state index in [0.717, 1.165) is 71.0 Å². The minimum Gasteiger partial charge on any atom is -0.0528 e. The summed E-state index contributed by atoms with van der Waals surface area (Å²) in [6.45, 7) is 0. The molecule has 8 aliphatic rings. The Morgan fingerprint density at radius 2 is 0.351 bits per heavy atom. The van der Waals surface area contributed by atoms with Crippen molar-refractivity contribution in [3.63, 3.8) is 0 Å². The molecule has 0 bridgehead atoms. The number of rotatable bonds is 7. The molecule has 0 spiro atoms. The largest absolute Gasteiger partial charge is 0.0528 e. The molecule has 10 unspecified atom stereocenters. The van der Waals surface area contributed by atoms with Crippen LogP contribution in [0, 0.1) is 82.9 Å². The Labute approximate surface area is 230 Å². The summed E-state index contributed by atoms with van der Waals surface area (Å²) in [6.07, 6.45) is 37.1. The Kier molecular flexibility index (Phi) is 6.99. The van der Waals surface area contributed by atoms with Gasteiger partial charge in [0.15, 0.2) is 0 Å². The van der Waals surface area contributed by atoms with Crippen LogP contribution in [0.2, 0.25) is 0 Å². The molecule has 0 aromatic heterocycles. The maximum absolute atomic E-state index is 1.65. The average molecular weight is 505 g/mol. The van der Waals surface area contributed by atoms with Crippen LogP contribution in [-0.2, 0) is 0 Å².